The first-order valence-electron chi connectivity index (χ1n) is 12.6. The summed E-state index contributed by atoms with van der Waals surface area (Å²) in [6, 6.07) is 14.5. The molecule has 1 saturated heterocycles. The smallest absolute Gasteiger partial charge is 0.242 e. The van der Waals surface area contributed by atoms with Crippen LogP contribution in [-0.4, -0.2) is 29.3 Å². The van der Waals surface area contributed by atoms with E-state index in [1.165, 1.54) is 0 Å². The number of nitrogens with one attached hydrogen (secondary N) is 1. The van der Waals surface area contributed by atoms with Crippen LogP contribution < -0.4 is 5.32 Å². The molecule has 2 aromatic carbocycles. The number of carbonyl (C=O) groups is 2. The Labute approximate surface area is 226 Å². The third-order valence-corrected chi connectivity index (χ3v) is 7.49. The lowest BCUT2D eigenvalue weighted by molar-refractivity contribution is -0.158. The number of halogens is 2. The SMILES string of the molecule is C=CC[C@@]1(C)C[C@H](c2cccc(Cl)c2)[C@@H](c2ccc(Cl)cc2)N(C(CC)C(=O)NCC(C)(C)C)C1=O. The van der Waals surface area contributed by atoms with Crippen LogP contribution in [0.15, 0.2) is 61.2 Å². The molecule has 2 aromatic rings. The van der Waals surface area contributed by atoms with Crippen LogP contribution in [0.25, 0.3) is 0 Å². The number of allylic oxidation sites excluding steroid dienone is 1. The van der Waals surface area contributed by atoms with Gasteiger partial charge in [0.25, 0.3) is 0 Å². The lowest BCUT2D eigenvalue weighted by Gasteiger charge is -2.51. The summed E-state index contributed by atoms with van der Waals surface area (Å²) in [6.07, 6.45) is 3.43. The molecule has 194 valence electrons. The van der Waals surface area contributed by atoms with Gasteiger partial charge in [0.05, 0.1) is 11.5 Å². The minimum Gasteiger partial charge on any atom is -0.354 e. The summed E-state index contributed by atoms with van der Waals surface area (Å²) in [5, 5.41) is 4.37. The van der Waals surface area contributed by atoms with E-state index in [2.05, 4.69) is 38.7 Å². The minimum absolute atomic E-state index is 0.0293. The standard InChI is InChI=1S/C30H38Cl2N2O2/c1-7-16-30(6)18-24(21-10-9-11-23(32)17-21)26(20-12-14-22(31)15-13-20)34(28(30)36)25(8-2)27(35)33-19-29(3,4)5/h7,9-15,17,24-26H,1,8,16,18-19H2,2-6H3,(H,33,35)/t24-,25?,26-,30+/m1/s1. The summed E-state index contributed by atoms with van der Waals surface area (Å²) < 4.78 is 0. The molecule has 0 aromatic heterocycles. The summed E-state index contributed by atoms with van der Waals surface area (Å²) in [5.41, 5.74) is 1.21. The molecule has 1 heterocycles. The summed E-state index contributed by atoms with van der Waals surface area (Å²) in [5.74, 6) is -0.234. The molecular formula is C30H38Cl2N2O2. The summed E-state index contributed by atoms with van der Waals surface area (Å²) in [6.45, 7) is 14.6. The van der Waals surface area contributed by atoms with E-state index in [1.54, 1.807) is 6.08 Å². The van der Waals surface area contributed by atoms with Crippen molar-refractivity contribution in [2.24, 2.45) is 10.8 Å². The molecule has 4 atom stereocenters. The molecule has 0 spiro atoms. The number of hydrogen-bond acceptors (Lipinski definition) is 2. The molecule has 1 unspecified atom stereocenters. The molecule has 0 aliphatic carbocycles. The van der Waals surface area contributed by atoms with Crippen molar-refractivity contribution in [1.29, 1.82) is 0 Å². The van der Waals surface area contributed by atoms with Gasteiger partial charge >= 0.3 is 0 Å². The number of rotatable bonds is 8. The predicted octanol–water partition coefficient (Wildman–Crippen LogP) is 7.57. The fraction of sp³-hybridized carbons (Fsp3) is 0.467. The highest BCUT2D eigenvalue weighted by Gasteiger charge is 2.52. The van der Waals surface area contributed by atoms with Crippen LogP contribution in [0.2, 0.25) is 10.0 Å². The fourth-order valence-electron chi connectivity index (χ4n) is 5.21. The summed E-state index contributed by atoms with van der Waals surface area (Å²) in [4.78, 5) is 29.7. The molecule has 1 aliphatic rings. The molecule has 0 saturated carbocycles. The van der Waals surface area contributed by atoms with Crippen molar-refractivity contribution in [2.75, 3.05) is 6.54 Å². The number of amides is 2. The van der Waals surface area contributed by atoms with Crippen molar-refractivity contribution < 1.29 is 9.59 Å². The lowest BCUT2D eigenvalue weighted by Crippen LogP contribution is -2.59. The van der Waals surface area contributed by atoms with Crippen molar-refractivity contribution in [3.8, 4) is 0 Å². The number of nitrogens with zero attached hydrogens (tertiary/aromatic N) is 1. The Morgan fingerprint density at radius 1 is 1.17 bits per heavy atom. The predicted molar refractivity (Wildman–Crippen MR) is 149 cm³/mol. The Morgan fingerprint density at radius 2 is 1.83 bits per heavy atom. The third kappa shape index (κ3) is 6.33. The molecule has 3 rings (SSSR count). The number of likely N-dealkylation sites (tertiary alicyclic amines) is 1. The summed E-state index contributed by atoms with van der Waals surface area (Å²) >= 11 is 12.6. The Bertz CT molecular complexity index is 1090. The Hall–Kier alpha value is -2.30. The van der Waals surface area contributed by atoms with Gasteiger partial charge in [-0.25, -0.2) is 0 Å². The number of benzene rings is 2. The number of carbonyl (C=O) groups excluding carboxylic acids is 2. The second-order valence-corrected chi connectivity index (χ2v) is 12.2. The zero-order valence-corrected chi connectivity index (χ0v) is 23.5. The minimum atomic E-state index is -0.699. The van der Waals surface area contributed by atoms with Crippen LogP contribution in [0.3, 0.4) is 0 Å². The number of piperidine rings is 1. The first-order valence-corrected chi connectivity index (χ1v) is 13.4. The highest BCUT2D eigenvalue weighted by Crippen LogP contribution is 2.52. The van der Waals surface area contributed by atoms with Gasteiger partial charge in [-0.3, -0.25) is 9.59 Å². The van der Waals surface area contributed by atoms with Crippen LogP contribution >= 0.6 is 23.2 Å². The van der Waals surface area contributed by atoms with Gasteiger partial charge in [0, 0.05) is 22.5 Å². The van der Waals surface area contributed by atoms with Crippen molar-refractivity contribution in [3.63, 3.8) is 0 Å². The van der Waals surface area contributed by atoms with Crippen LogP contribution in [-0.2, 0) is 9.59 Å². The van der Waals surface area contributed by atoms with E-state index in [1.807, 2.05) is 61.2 Å². The maximum atomic E-state index is 14.3. The van der Waals surface area contributed by atoms with Crippen molar-refractivity contribution in [1.82, 2.24) is 10.2 Å². The fourth-order valence-corrected chi connectivity index (χ4v) is 5.53. The average molecular weight is 530 g/mol. The van der Waals surface area contributed by atoms with E-state index in [4.69, 9.17) is 23.2 Å². The van der Waals surface area contributed by atoms with Crippen LogP contribution in [0.1, 0.15) is 77.0 Å². The Morgan fingerprint density at radius 3 is 2.39 bits per heavy atom. The summed E-state index contributed by atoms with van der Waals surface area (Å²) in [7, 11) is 0. The van der Waals surface area contributed by atoms with Crippen molar-refractivity contribution in [3.05, 3.63) is 82.4 Å². The van der Waals surface area contributed by atoms with Gasteiger partial charge in [-0.1, -0.05) is 88.2 Å². The van der Waals surface area contributed by atoms with Crippen LogP contribution in [0, 0.1) is 10.8 Å². The van der Waals surface area contributed by atoms with E-state index in [9.17, 15) is 9.59 Å². The molecule has 2 amide bonds. The molecule has 36 heavy (non-hydrogen) atoms. The van der Waals surface area contributed by atoms with Crippen molar-refractivity contribution >= 4 is 35.0 Å². The maximum absolute atomic E-state index is 14.3. The van der Waals surface area contributed by atoms with E-state index in [0.717, 1.165) is 11.1 Å². The highest BCUT2D eigenvalue weighted by atomic mass is 35.5. The third-order valence-electron chi connectivity index (χ3n) is 7.00. The Balaban J connectivity index is 2.19. The van der Waals surface area contributed by atoms with Gasteiger partial charge in [0.1, 0.15) is 6.04 Å². The maximum Gasteiger partial charge on any atom is 0.242 e. The molecule has 1 aliphatic heterocycles. The van der Waals surface area contributed by atoms with Gasteiger partial charge in [-0.05, 0) is 60.1 Å². The van der Waals surface area contributed by atoms with Gasteiger partial charge in [-0.15, -0.1) is 6.58 Å². The number of hydrogen-bond donors (Lipinski definition) is 1. The molecule has 0 bridgehead atoms. The molecule has 1 N–H and O–H groups in total. The van der Waals surface area contributed by atoms with E-state index < -0.39 is 11.5 Å². The molecular weight excluding hydrogens is 491 g/mol. The lowest BCUT2D eigenvalue weighted by atomic mass is 9.67. The molecule has 0 radical (unpaired) electrons. The normalized spacial score (nSPS) is 23.3. The van der Waals surface area contributed by atoms with E-state index >= 15 is 0 Å². The van der Waals surface area contributed by atoms with Gasteiger partial charge in [0.2, 0.25) is 11.8 Å². The first kappa shape index (κ1) is 28.3. The van der Waals surface area contributed by atoms with Gasteiger partial charge < -0.3 is 10.2 Å². The Kier molecular flexibility index (Phi) is 8.95. The highest BCUT2D eigenvalue weighted by molar-refractivity contribution is 6.30. The van der Waals surface area contributed by atoms with Crippen molar-refractivity contribution in [2.45, 2.75) is 71.9 Å². The zero-order valence-electron chi connectivity index (χ0n) is 22.0. The van der Waals surface area contributed by atoms with Gasteiger partial charge in [-0.2, -0.15) is 0 Å². The van der Waals surface area contributed by atoms with E-state index in [0.29, 0.717) is 35.9 Å². The van der Waals surface area contributed by atoms with E-state index in [-0.39, 0.29) is 29.2 Å². The van der Waals surface area contributed by atoms with Gasteiger partial charge in [0.15, 0.2) is 0 Å². The monoisotopic (exact) mass is 528 g/mol. The molecule has 1 fully saturated rings. The zero-order chi connectivity index (χ0) is 26.7. The van der Waals surface area contributed by atoms with Crippen LogP contribution in [0.5, 0.6) is 0 Å². The molecule has 6 heteroatoms. The second kappa shape index (κ2) is 11.4. The second-order valence-electron chi connectivity index (χ2n) is 11.3. The quantitative estimate of drug-likeness (QED) is 0.359. The average Bonchev–Trinajstić information content (AvgIpc) is 2.81. The largest absolute Gasteiger partial charge is 0.354 e. The molecule has 4 nitrogen and oxygen atoms in total. The van der Waals surface area contributed by atoms with Crippen LogP contribution in [0.4, 0.5) is 0 Å². The topological polar surface area (TPSA) is 49.4 Å². The first-order chi connectivity index (χ1) is 16.9.